The number of hydrogen-bond acceptors (Lipinski definition) is 5. The summed E-state index contributed by atoms with van der Waals surface area (Å²) in [4.78, 5) is 31.9. The van der Waals surface area contributed by atoms with Gasteiger partial charge in [-0.2, -0.15) is 5.73 Å². The molecule has 0 spiro atoms. The molecule has 1 saturated heterocycles. The van der Waals surface area contributed by atoms with Crippen molar-refractivity contribution in [3.63, 3.8) is 0 Å². The van der Waals surface area contributed by atoms with Crippen molar-refractivity contribution >= 4 is 28.4 Å². The van der Waals surface area contributed by atoms with Crippen molar-refractivity contribution in [2.75, 3.05) is 14.1 Å². The zero-order valence-corrected chi connectivity index (χ0v) is 16.8. The van der Waals surface area contributed by atoms with Crippen LogP contribution in [0.15, 0.2) is 48.7 Å². The van der Waals surface area contributed by atoms with Crippen LogP contribution in [-0.2, 0) is 22.4 Å². The van der Waals surface area contributed by atoms with E-state index in [1.807, 2.05) is 12.1 Å². The maximum absolute atomic E-state index is 13.2. The molecule has 2 atom stereocenters. The minimum Gasteiger partial charge on any atom is -0.508 e. The van der Waals surface area contributed by atoms with Crippen molar-refractivity contribution in [1.29, 1.82) is 0 Å². The molecule has 155 valence electrons. The largest absolute Gasteiger partial charge is 0.508 e. The Morgan fingerprint density at radius 3 is 2.63 bits per heavy atom. The highest BCUT2D eigenvalue weighted by Crippen LogP contribution is 2.31. The third-order valence-corrected chi connectivity index (χ3v) is 5.90. The summed E-state index contributed by atoms with van der Waals surface area (Å²) in [5.41, 5.74) is 6.90. The standard InChI is InChI=1S/C22H24N4O4/c1-25-18(10-14-12-24-17-8-4-7-16(23)19(14)17)20(28)26(2)22(30,21(25)29)11-13-5-3-6-15(27)9-13/h3-9,12,18,24,27,30H,10-11,23H2,1-2H3/q+1/t18-,22+/m0/s1. The van der Waals surface area contributed by atoms with E-state index < -0.39 is 17.7 Å². The second-order valence-corrected chi connectivity index (χ2v) is 7.78. The normalized spacial score (nSPS) is 22.2. The van der Waals surface area contributed by atoms with Gasteiger partial charge in [0.1, 0.15) is 11.8 Å². The number of aromatic amines is 1. The molecule has 8 heteroatoms. The van der Waals surface area contributed by atoms with Crippen molar-refractivity contribution in [2.24, 2.45) is 0 Å². The van der Waals surface area contributed by atoms with E-state index in [9.17, 15) is 19.8 Å². The van der Waals surface area contributed by atoms with Gasteiger partial charge >= 0.3 is 0 Å². The van der Waals surface area contributed by atoms with Gasteiger partial charge in [-0.05, 0) is 29.3 Å². The number of aliphatic hydroxyl groups is 1. The maximum Gasteiger partial charge on any atom is 0.276 e. The monoisotopic (exact) mass is 408 g/mol. The molecular weight excluding hydrogens is 384 g/mol. The molecule has 1 aliphatic heterocycles. The van der Waals surface area contributed by atoms with Gasteiger partial charge in [0.2, 0.25) is 11.6 Å². The number of H-pyrrole nitrogens is 1. The van der Waals surface area contributed by atoms with Crippen molar-refractivity contribution in [3.8, 4) is 5.75 Å². The smallest absolute Gasteiger partial charge is 0.276 e. The molecule has 30 heavy (non-hydrogen) atoms. The summed E-state index contributed by atoms with van der Waals surface area (Å²) in [5, 5.41) is 21.7. The molecule has 1 fully saturated rings. The van der Waals surface area contributed by atoms with Gasteiger partial charge in [0.15, 0.2) is 5.69 Å². The van der Waals surface area contributed by atoms with Crippen molar-refractivity contribution in [1.82, 2.24) is 14.8 Å². The molecule has 0 unspecified atom stereocenters. The molecule has 8 nitrogen and oxygen atoms in total. The zero-order valence-electron chi connectivity index (χ0n) is 16.8. The van der Waals surface area contributed by atoms with E-state index in [1.54, 1.807) is 24.4 Å². The van der Waals surface area contributed by atoms with Crippen molar-refractivity contribution in [2.45, 2.75) is 24.6 Å². The number of fused-ring (bicyclic) bond motifs is 1. The van der Waals surface area contributed by atoms with E-state index in [0.29, 0.717) is 11.3 Å². The predicted molar refractivity (Wildman–Crippen MR) is 110 cm³/mol. The van der Waals surface area contributed by atoms with Crippen LogP contribution in [-0.4, -0.2) is 62.7 Å². The molecule has 2 heterocycles. The molecule has 1 radical (unpaired) electrons. The second-order valence-electron chi connectivity index (χ2n) is 7.78. The number of nitrogens with one attached hydrogen (secondary N) is 1. The lowest BCUT2D eigenvalue weighted by molar-refractivity contribution is -0.252. The Balaban J connectivity index is 1.64. The summed E-state index contributed by atoms with van der Waals surface area (Å²) in [6, 6.07) is 11.0. The number of nitrogens with two attached hydrogens (primary N) is 1. The summed E-state index contributed by atoms with van der Waals surface area (Å²) in [5.74, 6) is -0.925. The lowest BCUT2D eigenvalue weighted by Gasteiger charge is -2.47. The Labute approximate surface area is 173 Å². The van der Waals surface area contributed by atoms with Crippen molar-refractivity contribution < 1.29 is 25.5 Å². The predicted octanol–water partition coefficient (Wildman–Crippen LogP) is 0.305. The van der Waals surface area contributed by atoms with Crippen molar-refractivity contribution in [3.05, 3.63) is 59.8 Å². The molecular formula is C22H24N4O4+. The van der Waals surface area contributed by atoms with Crippen LogP contribution >= 0.6 is 0 Å². The van der Waals surface area contributed by atoms with Gasteiger partial charge in [0, 0.05) is 39.2 Å². The number of hydrogen-bond donors (Lipinski definition) is 4. The van der Waals surface area contributed by atoms with Gasteiger partial charge in [-0.15, -0.1) is 0 Å². The Hall–Kier alpha value is -3.36. The number of amides is 2. The molecule has 2 amide bonds. The minimum atomic E-state index is -2.03. The van der Waals surface area contributed by atoms with E-state index >= 15 is 0 Å². The number of carbonyl (C=O) groups excluding carboxylic acids is 2. The number of nitrogens with zero attached hydrogens (tertiary/aromatic N) is 2. The van der Waals surface area contributed by atoms with E-state index in [-0.39, 0.29) is 24.5 Å². The van der Waals surface area contributed by atoms with Crippen LogP contribution in [0.2, 0.25) is 0 Å². The summed E-state index contributed by atoms with van der Waals surface area (Å²) in [6.07, 6.45) is 1.93. The van der Waals surface area contributed by atoms with Crippen LogP contribution in [0, 0.1) is 0 Å². The first-order valence-electron chi connectivity index (χ1n) is 9.62. The van der Waals surface area contributed by atoms with Gasteiger partial charge in [-0.1, -0.05) is 18.2 Å². The van der Waals surface area contributed by atoms with Crippen LogP contribution in [0.3, 0.4) is 0 Å². The maximum atomic E-state index is 13.2. The Kier molecular flexibility index (Phi) is 4.76. The molecule has 2 aromatic carbocycles. The highest BCUT2D eigenvalue weighted by Gasteiger charge is 2.53. The number of anilines is 1. The molecule has 5 N–H and O–H groups in total. The van der Waals surface area contributed by atoms with Crippen LogP contribution in [0.4, 0.5) is 5.69 Å². The highest BCUT2D eigenvalue weighted by atomic mass is 16.3. The number of rotatable bonds is 4. The topological polar surface area (TPSA) is 122 Å². The fourth-order valence-electron chi connectivity index (χ4n) is 4.16. The van der Waals surface area contributed by atoms with Gasteiger partial charge in [-0.3, -0.25) is 9.59 Å². The van der Waals surface area contributed by atoms with E-state index in [4.69, 9.17) is 5.73 Å². The summed E-state index contributed by atoms with van der Waals surface area (Å²) < 4.78 is 0. The van der Waals surface area contributed by atoms with E-state index in [0.717, 1.165) is 21.4 Å². The Morgan fingerprint density at radius 1 is 1.17 bits per heavy atom. The zero-order chi connectivity index (χ0) is 21.6. The fourth-order valence-corrected chi connectivity index (χ4v) is 4.16. The molecule has 0 aliphatic carbocycles. The van der Waals surface area contributed by atoms with Crippen LogP contribution in [0.1, 0.15) is 11.1 Å². The number of piperazine rings is 1. The van der Waals surface area contributed by atoms with Gasteiger partial charge in [0.25, 0.3) is 5.91 Å². The summed E-state index contributed by atoms with van der Waals surface area (Å²) in [7, 11) is 2.94. The number of likely N-dealkylation sites (N-methyl/N-ethyl adjacent to an activating group) is 2. The Morgan fingerprint density at radius 2 is 1.90 bits per heavy atom. The molecule has 1 aliphatic rings. The molecule has 0 bridgehead atoms. The van der Waals surface area contributed by atoms with E-state index in [2.05, 4.69) is 4.98 Å². The number of carbonyl (C=O) groups is 2. The average Bonchev–Trinajstić information content (AvgIpc) is 3.13. The number of aromatic hydroxyl groups is 1. The number of aromatic nitrogens is 1. The number of phenolic OH excluding ortho intramolecular Hbond substituents is 1. The lowest BCUT2D eigenvalue weighted by Crippen LogP contribution is -2.70. The van der Waals surface area contributed by atoms with Crippen LogP contribution < -0.4 is 5.73 Å². The van der Waals surface area contributed by atoms with Crippen LogP contribution in [0.25, 0.3) is 10.9 Å². The first-order valence-corrected chi connectivity index (χ1v) is 9.62. The van der Waals surface area contributed by atoms with Gasteiger partial charge < -0.3 is 25.0 Å². The first kappa shape index (κ1) is 19.9. The highest BCUT2D eigenvalue weighted by molar-refractivity contribution is 5.99. The SMILES string of the molecule is CN1C(=O)[C@](O)(Cc2cccc(O)c2)N(C)C(=O)[C@@H]1Cc1c[nH]c2cccc([NH2+])c12. The summed E-state index contributed by atoms with van der Waals surface area (Å²) in [6.45, 7) is 0. The van der Waals surface area contributed by atoms with Gasteiger partial charge in [0.05, 0.1) is 10.9 Å². The van der Waals surface area contributed by atoms with E-state index in [1.165, 1.54) is 31.1 Å². The number of benzene rings is 2. The Bertz CT molecular complexity index is 1140. The third-order valence-electron chi connectivity index (χ3n) is 5.90. The van der Waals surface area contributed by atoms with Gasteiger partial charge in [-0.25, -0.2) is 0 Å². The third kappa shape index (κ3) is 3.10. The molecule has 0 saturated carbocycles. The minimum absolute atomic E-state index is 0.0245. The number of phenols is 1. The summed E-state index contributed by atoms with van der Waals surface area (Å²) >= 11 is 0. The second kappa shape index (κ2) is 7.16. The molecule has 4 rings (SSSR count). The average molecular weight is 408 g/mol. The van der Waals surface area contributed by atoms with Crippen LogP contribution in [0.5, 0.6) is 5.75 Å². The lowest BCUT2D eigenvalue weighted by atomic mass is 9.92. The molecule has 1 aromatic heterocycles. The molecule has 3 aromatic rings. The number of nitrogen functional groups attached to an aromatic ring is 1. The first-order chi connectivity index (χ1) is 14.2. The fraction of sp³-hybridized carbons (Fsp3) is 0.273. The quantitative estimate of drug-likeness (QED) is 0.464.